The number of benzene rings is 1. The number of methoxy groups -OCH3 is 1. The second kappa shape index (κ2) is 5.93. The van der Waals surface area contributed by atoms with Gasteiger partial charge in [0.15, 0.2) is 0 Å². The number of ether oxygens (including phenoxy) is 1. The van der Waals surface area contributed by atoms with Gasteiger partial charge in [-0.25, -0.2) is 0 Å². The molecule has 1 heterocycles. The molecule has 104 valence electrons. The molecule has 3 rings (SSSR count). The van der Waals surface area contributed by atoms with Crippen molar-refractivity contribution in [2.45, 2.75) is 37.8 Å². The van der Waals surface area contributed by atoms with Gasteiger partial charge in [-0.05, 0) is 37.0 Å². The largest absolute Gasteiger partial charge is 0.497 e. The zero-order chi connectivity index (χ0) is 13.1. The predicted molar refractivity (Wildman–Crippen MR) is 77.7 cm³/mol. The third-order valence-corrected chi connectivity index (χ3v) is 4.60. The summed E-state index contributed by atoms with van der Waals surface area (Å²) in [7, 11) is 1.72. The average molecular weight is 260 g/mol. The Labute approximate surface area is 115 Å². The van der Waals surface area contributed by atoms with Gasteiger partial charge in [-0.15, -0.1) is 0 Å². The van der Waals surface area contributed by atoms with Gasteiger partial charge in [0.2, 0.25) is 0 Å². The minimum atomic E-state index is 0.754. The number of nitrogens with zero attached hydrogens (tertiary/aromatic N) is 1. The van der Waals surface area contributed by atoms with Crippen molar-refractivity contribution >= 4 is 0 Å². The Morgan fingerprint density at radius 3 is 2.89 bits per heavy atom. The van der Waals surface area contributed by atoms with E-state index < -0.39 is 0 Å². The Morgan fingerprint density at radius 2 is 2.11 bits per heavy atom. The molecular formula is C16H24N2O. The van der Waals surface area contributed by atoms with Crippen LogP contribution in [0.3, 0.4) is 0 Å². The molecule has 1 aliphatic carbocycles. The van der Waals surface area contributed by atoms with Gasteiger partial charge >= 0.3 is 0 Å². The van der Waals surface area contributed by atoms with E-state index in [0.29, 0.717) is 0 Å². The van der Waals surface area contributed by atoms with E-state index >= 15 is 0 Å². The first-order chi connectivity index (χ1) is 9.36. The van der Waals surface area contributed by atoms with Gasteiger partial charge in [0, 0.05) is 31.7 Å². The van der Waals surface area contributed by atoms with E-state index in [9.17, 15) is 0 Å². The SMILES string of the molecule is COc1ccc(CCN2CCN[C@@H]3CCC[C@@H]32)cc1. The third kappa shape index (κ3) is 2.93. The first-order valence-electron chi connectivity index (χ1n) is 7.47. The Hall–Kier alpha value is -1.06. The van der Waals surface area contributed by atoms with E-state index in [0.717, 1.165) is 30.8 Å². The molecule has 1 aliphatic heterocycles. The summed E-state index contributed by atoms with van der Waals surface area (Å²) < 4.78 is 5.20. The van der Waals surface area contributed by atoms with Crippen molar-refractivity contribution in [2.24, 2.45) is 0 Å². The fourth-order valence-corrected chi connectivity index (χ4v) is 3.52. The van der Waals surface area contributed by atoms with Crippen LogP contribution in [-0.2, 0) is 6.42 Å². The van der Waals surface area contributed by atoms with E-state index in [2.05, 4.69) is 34.5 Å². The van der Waals surface area contributed by atoms with Crippen molar-refractivity contribution in [1.29, 1.82) is 0 Å². The zero-order valence-corrected chi connectivity index (χ0v) is 11.8. The minimum Gasteiger partial charge on any atom is -0.497 e. The summed E-state index contributed by atoms with van der Waals surface area (Å²) in [5.74, 6) is 0.946. The highest BCUT2D eigenvalue weighted by Crippen LogP contribution is 2.26. The molecule has 0 bridgehead atoms. The van der Waals surface area contributed by atoms with Crippen molar-refractivity contribution in [3.63, 3.8) is 0 Å². The summed E-state index contributed by atoms with van der Waals surface area (Å²) in [6.07, 6.45) is 5.28. The lowest BCUT2D eigenvalue weighted by atomic mass is 10.1. The second-order valence-corrected chi connectivity index (χ2v) is 5.69. The highest BCUT2D eigenvalue weighted by Gasteiger charge is 2.34. The molecule has 1 aromatic rings. The number of hydrogen-bond acceptors (Lipinski definition) is 3. The van der Waals surface area contributed by atoms with Gasteiger partial charge in [0.05, 0.1) is 7.11 Å². The van der Waals surface area contributed by atoms with E-state index in [1.54, 1.807) is 7.11 Å². The Bertz CT molecular complexity index is 404. The lowest BCUT2D eigenvalue weighted by Crippen LogP contribution is -2.55. The summed E-state index contributed by atoms with van der Waals surface area (Å²) >= 11 is 0. The number of piperazine rings is 1. The van der Waals surface area contributed by atoms with Crippen LogP contribution in [0.15, 0.2) is 24.3 Å². The summed E-state index contributed by atoms with van der Waals surface area (Å²) in [5.41, 5.74) is 1.41. The average Bonchev–Trinajstić information content (AvgIpc) is 2.94. The molecule has 0 aromatic heterocycles. The zero-order valence-electron chi connectivity index (χ0n) is 11.8. The Morgan fingerprint density at radius 1 is 1.26 bits per heavy atom. The summed E-state index contributed by atoms with van der Waals surface area (Å²) in [4.78, 5) is 2.69. The summed E-state index contributed by atoms with van der Waals surface area (Å²) in [5, 5.41) is 3.67. The smallest absolute Gasteiger partial charge is 0.118 e. The van der Waals surface area contributed by atoms with Crippen LogP contribution >= 0.6 is 0 Å². The second-order valence-electron chi connectivity index (χ2n) is 5.69. The maximum atomic E-state index is 5.20. The third-order valence-electron chi connectivity index (χ3n) is 4.60. The van der Waals surface area contributed by atoms with Gasteiger partial charge in [0.1, 0.15) is 5.75 Å². The molecule has 3 heteroatoms. The van der Waals surface area contributed by atoms with Crippen LogP contribution in [0.25, 0.3) is 0 Å². The van der Waals surface area contributed by atoms with Crippen LogP contribution < -0.4 is 10.1 Å². The van der Waals surface area contributed by atoms with Crippen LogP contribution in [0, 0.1) is 0 Å². The monoisotopic (exact) mass is 260 g/mol. The van der Waals surface area contributed by atoms with Gasteiger partial charge in [0.25, 0.3) is 0 Å². The van der Waals surface area contributed by atoms with Crippen LogP contribution in [-0.4, -0.2) is 43.7 Å². The number of rotatable bonds is 4. The molecule has 0 unspecified atom stereocenters. The Kier molecular flexibility index (Phi) is 4.04. The van der Waals surface area contributed by atoms with Crippen molar-refractivity contribution < 1.29 is 4.74 Å². The molecule has 1 N–H and O–H groups in total. The molecule has 0 amide bonds. The summed E-state index contributed by atoms with van der Waals surface area (Å²) in [6.45, 7) is 3.55. The van der Waals surface area contributed by atoms with Gasteiger partial charge < -0.3 is 10.1 Å². The van der Waals surface area contributed by atoms with Crippen molar-refractivity contribution in [2.75, 3.05) is 26.7 Å². The van der Waals surface area contributed by atoms with Crippen molar-refractivity contribution in [3.05, 3.63) is 29.8 Å². The lowest BCUT2D eigenvalue weighted by molar-refractivity contribution is 0.138. The van der Waals surface area contributed by atoms with Gasteiger partial charge in [-0.3, -0.25) is 4.90 Å². The number of fused-ring (bicyclic) bond motifs is 1. The van der Waals surface area contributed by atoms with Gasteiger partial charge in [-0.1, -0.05) is 18.6 Å². The lowest BCUT2D eigenvalue weighted by Gasteiger charge is -2.38. The molecule has 0 spiro atoms. The minimum absolute atomic E-state index is 0.754. The standard InChI is InChI=1S/C16H24N2O/c1-19-14-7-5-13(6-8-14)9-11-18-12-10-17-15-3-2-4-16(15)18/h5-8,15-17H,2-4,9-12H2,1H3/t15-,16+/m1/s1. The van der Waals surface area contributed by atoms with Crippen LogP contribution in [0.5, 0.6) is 5.75 Å². The van der Waals surface area contributed by atoms with E-state index in [-0.39, 0.29) is 0 Å². The van der Waals surface area contributed by atoms with Crippen LogP contribution in [0.1, 0.15) is 24.8 Å². The highest BCUT2D eigenvalue weighted by molar-refractivity contribution is 5.27. The molecule has 2 aliphatic rings. The predicted octanol–water partition coefficient (Wildman–Crippen LogP) is 2.06. The first-order valence-corrected chi connectivity index (χ1v) is 7.47. The molecule has 3 nitrogen and oxygen atoms in total. The molecule has 2 atom stereocenters. The molecule has 1 aromatic carbocycles. The van der Waals surface area contributed by atoms with E-state index in [1.807, 2.05) is 0 Å². The van der Waals surface area contributed by atoms with Crippen molar-refractivity contribution in [1.82, 2.24) is 10.2 Å². The maximum Gasteiger partial charge on any atom is 0.118 e. The highest BCUT2D eigenvalue weighted by atomic mass is 16.5. The van der Waals surface area contributed by atoms with Gasteiger partial charge in [-0.2, -0.15) is 0 Å². The first kappa shape index (κ1) is 12.9. The molecule has 19 heavy (non-hydrogen) atoms. The number of hydrogen-bond donors (Lipinski definition) is 1. The molecule has 1 saturated carbocycles. The molecule has 1 saturated heterocycles. The van der Waals surface area contributed by atoms with Crippen LogP contribution in [0.2, 0.25) is 0 Å². The fourth-order valence-electron chi connectivity index (χ4n) is 3.52. The van der Waals surface area contributed by atoms with E-state index in [4.69, 9.17) is 4.74 Å². The molecule has 2 fully saturated rings. The van der Waals surface area contributed by atoms with E-state index in [1.165, 1.54) is 37.9 Å². The Balaban J connectivity index is 1.55. The maximum absolute atomic E-state index is 5.20. The normalized spacial score (nSPS) is 27.2. The molecule has 0 radical (unpaired) electrons. The van der Waals surface area contributed by atoms with Crippen molar-refractivity contribution in [3.8, 4) is 5.75 Å². The quantitative estimate of drug-likeness (QED) is 0.897. The molecular weight excluding hydrogens is 236 g/mol. The topological polar surface area (TPSA) is 24.5 Å². The fraction of sp³-hybridized carbons (Fsp3) is 0.625. The number of nitrogens with one attached hydrogen (secondary N) is 1. The van der Waals surface area contributed by atoms with Crippen LogP contribution in [0.4, 0.5) is 0 Å². The summed E-state index contributed by atoms with van der Waals surface area (Å²) in [6, 6.07) is 10.0.